The molecule has 4 aromatic carbocycles. The first kappa shape index (κ1) is 31.5. The summed E-state index contributed by atoms with van der Waals surface area (Å²) in [6, 6.07) is 33.3. The molecule has 43 heavy (non-hydrogen) atoms. The van der Waals surface area contributed by atoms with Crippen LogP contribution in [0.15, 0.2) is 120 Å². The summed E-state index contributed by atoms with van der Waals surface area (Å²) in [5, 5.41) is 3.01. The number of benzene rings is 4. The van der Waals surface area contributed by atoms with E-state index in [4.69, 9.17) is 0 Å². The Morgan fingerprint density at radius 1 is 0.767 bits per heavy atom. The van der Waals surface area contributed by atoms with Crippen molar-refractivity contribution in [3.63, 3.8) is 0 Å². The van der Waals surface area contributed by atoms with Crippen LogP contribution in [0.4, 0.5) is 5.69 Å². The standard InChI is InChI=1S/C35H39N3O4S/c1-3-4-24-36-35(40)33(25-29-17-8-5-9-18-29)37(26-30-19-10-6-11-20-30)34(39)27-38(32-23-15-14-16-28(32)2)43(41,42)31-21-12-7-13-22-31/h5-23,33H,3-4,24-27H2,1-2H3,(H,36,40)/t33-/m1/s1. The van der Waals surface area contributed by atoms with Crippen LogP contribution in [-0.4, -0.2) is 44.3 Å². The maximum absolute atomic E-state index is 14.4. The van der Waals surface area contributed by atoms with E-state index in [0.29, 0.717) is 17.8 Å². The van der Waals surface area contributed by atoms with Crippen molar-refractivity contribution in [1.29, 1.82) is 0 Å². The largest absolute Gasteiger partial charge is 0.354 e. The fourth-order valence-corrected chi connectivity index (χ4v) is 6.42. The lowest BCUT2D eigenvalue weighted by molar-refractivity contribution is -0.140. The van der Waals surface area contributed by atoms with Gasteiger partial charge >= 0.3 is 0 Å². The van der Waals surface area contributed by atoms with Gasteiger partial charge in [0.15, 0.2) is 0 Å². The number of hydrogen-bond donors (Lipinski definition) is 1. The van der Waals surface area contributed by atoms with Crippen LogP contribution in [0.5, 0.6) is 0 Å². The van der Waals surface area contributed by atoms with Crippen molar-refractivity contribution < 1.29 is 18.0 Å². The Kier molecular flexibility index (Phi) is 11.1. The molecule has 2 amide bonds. The highest BCUT2D eigenvalue weighted by molar-refractivity contribution is 7.92. The molecule has 1 atom stereocenters. The smallest absolute Gasteiger partial charge is 0.264 e. The van der Waals surface area contributed by atoms with Crippen LogP contribution in [0.1, 0.15) is 36.5 Å². The lowest BCUT2D eigenvalue weighted by Gasteiger charge is -2.34. The third kappa shape index (κ3) is 8.32. The summed E-state index contributed by atoms with van der Waals surface area (Å²) >= 11 is 0. The first-order valence-electron chi connectivity index (χ1n) is 14.6. The Morgan fingerprint density at radius 3 is 1.93 bits per heavy atom. The summed E-state index contributed by atoms with van der Waals surface area (Å²) in [4.78, 5) is 29.8. The molecular weight excluding hydrogens is 558 g/mol. The molecule has 0 unspecified atom stereocenters. The maximum Gasteiger partial charge on any atom is 0.264 e. The van der Waals surface area contributed by atoms with Crippen LogP contribution in [0.2, 0.25) is 0 Å². The molecule has 0 saturated carbocycles. The van der Waals surface area contributed by atoms with Crippen molar-refractivity contribution in [1.82, 2.24) is 10.2 Å². The molecule has 0 aliphatic carbocycles. The Labute approximate surface area is 255 Å². The number of unbranched alkanes of at least 4 members (excludes halogenated alkanes) is 1. The molecule has 4 aromatic rings. The highest BCUT2D eigenvalue weighted by Gasteiger charge is 2.34. The first-order valence-corrected chi connectivity index (χ1v) is 16.0. The number of rotatable bonds is 14. The second-order valence-corrected chi connectivity index (χ2v) is 12.3. The average Bonchev–Trinajstić information content (AvgIpc) is 3.03. The Hall–Kier alpha value is -4.43. The number of sulfonamides is 1. The van der Waals surface area contributed by atoms with Gasteiger partial charge in [0.1, 0.15) is 12.6 Å². The summed E-state index contributed by atoms with van der Waals surface area (Å²) in [5.74, 6) is -0.742. The third-order valence-corrected chi connectivity index (χ3v) is 9.06. The van der Waals surface area contributed by atoms with E-state index in [1.165, 1.54) is 17.0 Å². The van der Waals surface area contributed by atoms with Gasteiger partial charge < -0.3 is 10.2 Å². The molecule has 0 aromatic heterocycles. The number of aryl methyl sites for hydroxylation is 1. The molecule has 0 saturated heterocycles. The normalized spacial score (nSPS) is 11.9. The van der Waals surface area contributed by atoms with E-state index < -0.39 is 28.5 Å². The Bertz CT molecular complexity index is 1580. The van der Waals surface area contributed by atoms with Gasteiger partial charge in [-0.15, -0.1) is 0 Å². The number of anilines is 1. The first-order chi connectivity index (χ1) is 20.8. The van der Waals surface area contributed by atoms with Gasteiger partial charge in [-0.1, -0.05) is 110 Å². The fourth-order valence-electron chi connectivity index (χ4n) is 4.92. The van der Waals surface area contributed by atoms with Gasteiger partial charge in [0, 0.05) is 19.5 Å². The number of para-hydroxylation sites is 1. The molecule has 1 N–H and O–H groups in total. The molecule has 0 radical (unpaired) electrons. The van der Waals surface area contributed by atoms with Crippen LogP contribution >= 0.6 is 0 Å². The van der Waals surface area contributed by atoms with Gasteiger partial charge in [0.05, 0.1) is 10.6 Å². The van der Waals surface area contributed by atoms with E-state index in [0.717, 1.165) is 28.3 Å². The van der Waals surface area contributed by atoms with Crippen molar-refractivity contribution in [2.45, 2.75) is 50.6 Å². The molecular formula is C35H39N3O4S. The van der Waals surface area contributed by atoms with Crippen molar-refractivity contribution in [3.05, 3.63) is 132 Å². The van der Waals surface area contributed by atoms with E-state index in [9.17, 15) is 18.0 Å². The fraction of sp³-hybridized carbons (Fsp3) is 0.257. The van der Waals surface area contributed by atoms with Crippen molar-refractivity contribution in [2.75, 3.05) is 17.4 Å². The SMILES string of the molecule is CCCCNC(=O)[C@@H](Cc1ccccc1)N(Cc1ccccc1)C(=O)CN(c1ccccc1C)S(=O)(=O)c1ccccc1. The minimum atomic E-state index is -4.12. The Balaban J connectivity index is 1.77. The summed E-state index contributed by atoms with van der Waals surface area (Å²) in [6.45, 7) is 4.03. The molecule has 0 aliphatic heterocycles. The van der Waals surface area contributed by atoms with Crippen LogP contribution in [0, 0.1) is 6.92 Å². The third-order valence-electron chi connectivity index (χ3n) is 7.29. The summed E-state index contributed by atoms with van der Waals surface area (Å²) in [5.41, 5.74) is 2.86. The van der Waals surface area contributed by atoms with Gasteiger partial charge in [0.25, 0.3) is 10.0 Å². The van der Waals surface area contributed by atoms with Crippen LogP contribution < -0.4 is 9.62 Å². The molecule has 0 fully saturated rings. The number of hydrogen-bond acceptors (Lipinski definition) is 4. The maximum atomic E-state index is 14.4. The number of carbonyl (C=O) groups excluding carboxylic acids is 2. The zero-order valence-corrected chi connectivity index (χ0v) is 25.5. The predicted octanol–water partition coefficient (Wildman–Crippen LogP) is 5.75. The van der Waals surface area contributed by atoms with E-state index in [-0.39, 0.29) is 23.8 Å². The van der Waals surface area contributed by atoms with Gasteiger partial charge in [0.2, 0.25) is 11.8 Å². The molecule has 0 spiro atoms. The molecule has 7 nitrogen and oxygen atoms in total. The van der Waals surface area contributed by atoms with Crippen LogP contribution in [-0.2, 0) is 32.6 Å². The second-order valence-electron chi connectivity index (χ2n) is 10.5. The second kappa shape index (κ2) is 15.2. The van der Waals surface area contributed by atoms with E-state index in [1.807, 2.05) is 86.6 Å². The van der Waals surface area contributed by atoms with Gasteiger partial charge in [-0.3, -0.25) is 13.9 Å². The topological polar surface area (TPSA) is 86.8 Å². The van der Waals surface area contributed by atoms with Gasteiger partial charge in [-0.25, -0.2) is 8.42 Å². The van der Waals surface area contributed by atoms with Gasteiger partial charge in [-0.2, -0.15) is 0 Å². The van der Waals surface area contributed by atoms with E-state index >= 15 is 0 Å². The number of carbonyl (C=O) groups is 2. The summed E-state index contributed by atoms with van der Waals surface area (Å²) < 4.78 is 29.3. The van der Waals surface area contributed by atoms with Crippen LogP contribution in [0.25, 0.3) is 0 Å². The van der Waals surface area contributed by atoms with Gasteiger partial charge in [-0.05, 0) is 48.2 Å². The summed E-state index contributed by atoms with van der Waals surface area (Å²) in [6.07, 6.45) is 2.01. The quantitative estimate of drug-likeness (QED) is 0.188. The number of nitrogens with one attached hydrogen (secondary N) is 1. The zero-order valence-electron chi connectivity index (χ0n) is 24.7. The molecule has 0 bridgehead atoms. The minimum absolute atomic E-state index is 0.0822. The van der Waals surface area contributed by atoms with Crippen molar-refractivity contribution in [2.24, 2.45) is 0 Å². The molecule has 0 heterocycles. The van der Waals surface area contributed by atoms with E-state index in [1.54, 1.807) is 30.3 Å². The molecule has 4 rings (SSSR count). The average molecular weight is 598 g/mol. The molecule has 8 heteroatoms. The summed E-state index contributed by atoms with van der Waals surface area (Å²) in [7, 11) is -4.12. The van der Waals surface area contributed by atoms with Crippen molar-refractivity contribution in [3.8, 4) is 0 Å². The predicted molar refractivity (Wildman–Crippen MR) is 171 cm³/mol. The minimum Gasteiger partial charge on any atom is -0.354 e. The van der Waals surface area contributed by atoms with Crippen LogP contribution in [0.3, 0.4) is 0 Å². The highest BCUT2D eigenvalue weighted by atomic mass is 32.2. The lowest BCUT2D eigenvalue weighted by atomic mass is 10.0. The molecule has 0 aliphatic rings. The monoisotopic (exact) mass is 597 g/mol. The highest BCUT2D eigenvalue weighted by Crippen LogP contribution is 2.27. The zero-order chi connectivity index (χ0) is 30.7. The number of amides is 2. The Morgan fingerprint density at radius 2 is 1.33 bits per heavy atom. The van der Waals surface area contributed by atoms with E-state index in [2.05, 4.69) is 5.32 Å². The lowest BCUT2D eigenvalue weighted by Crippen LogP contribution is -2.53. The number of nitrogens with zero attached hydrogens (tertiary/aromatic N) is 2. The molecule has 224 valence electrons. The van der Waals surface area contributed by atoms with Crippen molar-refractivity contribution >= 4 is 27.5 Å².